The van der Waals surface area contributed by atoms with Crippen LogP contribution in [0, 0.1) is 5.82 Å². The van der Waals surface area contributed by atoms with Crippen LogP contribution in [0.5, 0.6) is 5.75 Å². The Morgan fingerprint density at radius 2 is 1.85 bits per heavy atom. The van der Waals surface area contributed by atoms with Gasteiger partial charge < -0.3 is 15.0 Å². The highest BCUT2D eigenvalue weighted by Crippen LogP contribution is 2.21. The monoisotopic (exact) mass is 370 g/mol. The number of nitrogens with zero attached hydrogens (tertiary/aromatic N) is 1. The van der Waals surface area contributed by atoms with Crippen LogP contribution in [0.3, 0.4) is 0 Å². The van der Waals surface area contributed by atoms with Crippen molar-refractivity contribution in [2.45, 2.75) is 25.7 Å². The number of halogens is 1. The Kier molecular flexibility index (Phi) is 6.06. The van der Waals surface area contributed by atoms with Crippen LogP contribution in [0.15, 0.2) is 42.5 Å². The van der Waals surface area contributed by atoms with Gasteiger partial charge in [0.25, 0.3) is 5.91 Å². The van der Waals surface area contributed by atoms with E-state index in [2.05, 4.69) is 5.32 Å². The lowest BCUT2D eigenvalue weighted by Gasteiger charge is -2.27. The molecule has 0 atom stereocenters. The number of carbonyl (C=O) groups is 2. The second kappa shape index (κ2) is 8.66. The van der Waals surface area contributed by atoms with E-state index >= 15 is 0 Å². The summed E-state index contributed by atoms with van der Waals surface area (Å²) in [5, 5.41) is 2.79. The number of rotatable bonds is 5. The van der Waals surface area contributed by atoms with E-state index in [1.54, 1.807) is 30.3 Å². The summed E-state index contributed by atoms with van der Waals surface area (Å²) in [5.74, 6) is -0.750. The first-order valence-electron chi connectivity index (χ1n) is 9.09. The summed E-state index contributed by atoms with van der Waals surface area (Å²) in [4.78, 5) is 27.0. The molecule has 1 saturated heterocycles. The lowest BCUT2D eigenvalue weighted by Crippen LogP contribution is -2.36. The van der Waals surface area contributed by atoms with E-state index in [4.69, 9.17) is 4.74 Å². The third-order valence-corrected chi connectivity index (χ3v) is 4.66. The summed E-state index contributed by atoms with van der Waals surface area (Å²) in [7, 11) is 1.39. The Bertz CT molecular complexity index is 832. The van der Waals surface area contributed by atoms with Crippen LogP contribution in [0.2, 0.25) is 0 Å². The highest BCUT2D eigenvalue weighted by atomic mass is 19.1. The van der Waals surface area contributed by atoms with E-state index in [-0.39, 0.29) is 24.0 Å². The normalized spacial score (nSPS) is 13.9. The standard InChI is InChI=1S/C21H23FN2O3/c1-27-19-10-9-15(13-17(19)22)14-20(25)23-18-8-4-3-7-16(18)21(26)24-11-5-2-6-12-24/h3-4,7-10,13H,2,5-6,11-12,14H2,1H3,(H,23,25). The predicted molar refractivity (Wildman–Crippen MR) is 101 cm³/mol. The van der Waals surface area contributed by atoms with Gasteiger partial charge in [0.05, 0.1) is 24.8 Å². The minimum absolute atomic E-state index is 0.00710. The summed E-state index contributed by atoms with van der Waals surface area (Å²) in [6, 6.07) is 11.4. The molecule has 5 nitrogen and oxygen atoms in total. The lowest BCUT2D eigenvalue weighted by atomic mass is 10.1. The van der Waals surface area contributed by atoms with Crippen molar-refractivity contribution in [1.29, 1.82) is 0 Å². The molecule has 0 aromatic heterocycles. The van der Waals surface area contributed by atoms with Crippen molar-refractivity contribution in [1.82, 2.24) is 4.90 Å². The van der Waals surface area contributed by atoms with Crippen LogP contribution in [0.4, 0.5) is 10.1 Å². The summed E-state index contributed by atoms with van der Waals surface area (Å²) in [6.07, 6.45) is 3.15. The second-order valence-corrected chi connectivity index (χ2v) is 6.59. The van der Waals surface area contributed by atoms with E-state index in [1.165, 1.54) is 19.2 Å². The van der Waals surface area contributed by atoms with E-state index in [0.29, 0.717) is 16.8 Å². The fourth-order valence-corrected chi connectivity index (χ4v) is 3.25. The van der Waals surface area contributed by atoms with Crippen LogP contribution in [-0.2, 0) is 11.2 Å². The van der Waals surface area contributed by atoms with Gasteiger partial charge in [0, 0.05) is 13.1 Å². The highest BCUT2D eigenvalue weighted by Gasteiger charge is 2.21. The van der Waals surface area contributed by atoms with Crippen molar-refractivity contribution in [3.63, 3.8) is 0 Å². The molecule has 1 aliphatic rings. The number of piperidine rings is 1. The molecule has 142 valence electrons. The van der Waals surface area contributed by atoms with Crippen molar-refractivity contribution in [3.8, 4) is 5.75 Å². The molecule has 0 spiro atoms. The third kappa shape index (κ3) is 4.64. The van der Waals surface area contributed by atoms with E-state index < -0.39 is 5.82 Å². The first-order valence-corrected chi connectivity index (χ1v) is 9.09. The van der Waals surface area contributed by atoms with Crippen molar-refractivity contribution in [2.75, 3.05) is 25.5 Å². The molecule has 0 radical (unpaired) electrons. The number of para-hydroxylation sites is 1. The molecule has 2 amide bonds. The molecule has 27 heavy (non-hydrogen) atoms. The lowest BCUT2D eigenvalue weighted by molar-refractivity contribution is -0.115. The number of amides is 2. The van der Waals surface area contributed by atoms with E-state index in [1.807, 2.05) is 4.90 Å². The van der Waals surface area contributed by atoms with Crippen LogP contribution < -0.4 is 10.1 Å². The van der Waals surface area contributed by atoms with Gasteiger partial charge in [-0.05, 0) is 49.1 Å². The second-order valence-electron chi connectivity index (χ2n) is 6.59. The number of hydrogen-bond acceptors (Lipinski definition) is 3. The first-order chi connectivity index (χ1) is 13.1. The minimum atomic E-state index is -0.511. The number of nitrogens with one attached hydrogen (secondary N) is 1. The molecule has 3 rings (SSSR count). The number of anilines is 1. The number of benzene rings is 2. The van der Waals surface area contributed by atoms with Crippen LogP contribution in [-0.4, -0.2) is 36.9 Å². The topological polar surface area (TPSA) is 58.6 Å². The molecule has 0 unspecified atom stereocenters. The predicted octanol–water partition coefficient (Wildman–Crippen LogP) is 3.64. The molecule has 6 heteroatoms. The maximum Gasteiger partial charge on any atom is 0.255 e. The molecule has 0 aliphatic carbocycles. The molecule has 0 bridgehead atoms. The SMILES string of the molecule is COc1ccc(CC(=O)Nc2ccccc2C(=O)N2CCCCC2)cc1F. The van der Waals surface area contributed by atoms with Crippen molar-refractivity contribution >= 4 is 17.5 Å². The Labute approximate surface area is 158 Å². The summed E-state index contributed by atoms with van der Waals surface area (Å²) < 4.78 is 18.7. The molecular weight excluding hydrogens is 347 g/mol. The smallest absolute Gasteiger partial charge is 0.255 e. The highest BCUT2D eigenvalue weighted by molar-refractivity contribution is 6.04. The summed E-state index contributed by atoms with van der Waals surface area (Å²) >= 11 is 0. The summed E-state index contributed by atoms with van der Waals surface area (Å²) in [5.41, 5.74) is 1.49. The maximum atomic E-state index is 13.8. The Hall–Kier alpha value is -2.89. The van der Waals surface area contributed by atoms with Gasteiger partial charge in [-0.15, -0.1) is 0 Å². The zero-order valence-electron chi connectivity index (χ0n) is 15.3. The van der Waals surface area contributed by atoms with E-state index in [9.17, 15) is 14.0 Å². The maximum absolute atomic E-state index is 13.8. The molecule has 1 fully saturated rings. The summed E-state index contributed by atoms with van der Waals surface area (Å²) in [6.45, 7) is 1.48. The molecule has 0 saturated carbocycles. The minimum Gasteiger partial charge on any atom is -0.494 e. The molecule has 1 N–H and O–H groups in total. The van der Waals surface area contributed by atoms with E-state index in [0.717, 1.165) is 32.4 Å². The number of ether oxygens (including phenoxy) is 1. The van der Waals surface area contributed by atoms with Gasteiger partial charge in [0.15, 0.2) is 11.6 Å². The largest absolute Gasteiger partial charge is 0.494 e. The van der Waals surface area contributed by atoms with Gasteiger partial charge in [0.2, 0.25) is 5.91 Å². The number of likely N-dealkylation sites (tertiary alicyclic amines) is 1. The molecule has 2 aromatic carbocycles. The fraction of sp³-hybridized carbons (Fsp3) is 0.333. The van der Waals surface area contributed by atoms with Gasteiger partial charge in [-0.2, -0.15) is 0 Å². The Balaban J connectivity index is 1.71. The van der Waals surface area contributed by atoms with Gasteiger partial charge in [-0.3, -0.25) is 9.59 Å². The Morgan fingerprint density at radius 3 is 2.56 bits per heavy atom. The van der Waals surface area contributed by atoms with Crippen LogP contribution in [0.25, 0.3) is 0 Å². The molecule has 2 aromatic rings. The van der Waals surface area contributed by atoms with Crippen molar-refractivity contribution in [2.24, 2.45) is 0 Å². The average Bonchev–Trinajstić information content (AvgIpc) is 2.68. The van der Waals surface area contributed by atoms with Crippen molar-refractivity contribution in [3.05, 3.63) is 59.4 Å². The van der Waals surface area contributed by atoms with Gasteiger partial charge in [0.1, 0.15) is 0 Å². The van der Waals surface area contributed by atoms with Gasteiger partial charge in [-0.1, -0.05) is 18.2 Å². The molecule has 1 aliphatic heterocycles. The zero-order valence-corrected chi connectivity index (χ0v) is 15.3. The van der Waals surface area contributed by atoms with Gasteiger partial charge >= 0.3 is 0 Å². The molecular formula is C21H23FN2O3. The average molecular weight is 370 g/mol. The number of hydrogen-bond donors (Lipinski definition) is 1. The zero-order chi connectivity index (χ0) is 19.2. The quantitative estimate of drug-likeness (QED) is 0.874. The Morgan fingerprint density at radius 1 is 1.11 bits per heavy atom. The fourth-order valence-electron chi connectivity index (χ4n) is 3.25. The van der Waals surface area contributed by atoms with Crippen LogP contribution in [0.1, 0.15) is 35.2 Å². The number of methoxy groups -OCH3 is 1. The number of carbonyl (C=O) groups excluding carboxylic acids is 2. The van der Waals surface area contributed by atoms with Crippen molar-refractivity contribution < 1.29 is 18.7 Å². The molecule has 1 heterocycles. The third-order valence-electron chi connectivity index (χ3n) is 4.66. The van der Waals surface area contributed by atoms with Crippen LogP contribution >= 0.6 is 0 Å². The van der Waals surface area contributed by atoms with Gasteiger partial charge in [-0.25, -0.2) is 4.39 Å². The first kappa shape index (κ1) is 18.9.